The van der Waals surface area contributed by atoms with Gasteiger partial charge in [0.2, 0.25) is 0 Å². The molecule has 0 aliphatic carbocycles. The average Bonchev–Trinajstić information content (AvgIpc) is 1.95. The zero-order chi connectivity index (χ0) is 11.2. The predicted octanol–water partition coefficient (Wildman–Crippen LogP) is -2.01. The molecule has 0 fully saturated rings. The molecule has 0 saturated carbocycles. The number of carbonyl (C=O) groups is 1. The molecule has 0 amide bonds. The Morgan fingerprint density at radius 2 is 1.93 bits per heavy atom. The normalized spacial score (nSPS) is 11.2. The van der Waals surface area contributed by atoms with Gasteiger partial charge < -0.3 is 4.55 Å². The Morgan fingerprint density at radius 1 is 1.40 bits per heavy atom. The molecular weight excluding hydrogens is 269 g/mol. The smallest absolute Gasteiger partial charge is 0.748 e. The van der Waals surface area contributed by atoms with Crippen molar-refractivity contribution >= 4 is 38.3 Å². The second-order valence-corrected chi connectivity index (χ2v) is 6.75. The number of hydrogen-bond donors (Lipinski definition) is 0. The molecule has 0 aliphatic rings. The van der Waals surface area contributed by atoms with Crippen LogP contribution in [0.15, 0.2) is 0 Å². The number of rotatable bonds is 5. The van der Waals surface area contributed by atoms with Crippen LogP contribution in [0.4, 0.5) is 4.79 Å². The van der Waals surface area contributed by atoms with Crippen LogP contribution in [0.1, 0.15) is 6.42 Å². The van der Waals surface area contributed by atoms with Crippen molar-refractivity contribution in [2.45, 2.75) is 6.42 Å². The quantitative estimate of drug-likeness (QED) is 0.249. The van der Waals surface area contributed by atoms with Crippen LogP contribution in [-0.2, 0) is 10.1 Å². The Morgan fingerprint density at radius 3 is 2.33 bits per heavy atom. The van der Waals surface area contributed by atoms with Crippen molar-refractivity contribution in [3.63, 3.8) is 0 Å². The Balaban J connectivity index is 0. The fourth-order valence-corrected chi connectivity index (χ4v) is 2.91. The van der Waals surface area contributed by atoms with Crippen LogP contribution in [0.5, 0.6) is 0 Å². The number of carbonyl (C=O) groups excluding carboxylic acids is 1. The third-order valence-electron chi connectivity index (χ3n) is 1.02. The minimum atomic E-state index is -4.14. The van der Waals surface area contributed by atoms with Crippen molar-refractivity contribution in [3.05, 3.63) is 0 Å². The fraction of sp³-hybridized carbons (Fsp3) is 0.833. The first kappa shape index (κ1) is 18.6. The van der Waals surface area contributed by atoms with Crippen LogP contribution < -0.4 is 29.6 Å². The van der Waals surface area contributed by atoms with Crippen LogP contribution >= 0.6 is 23.7 Å². The summed E-state index contributed by atoms with van der Waals surface area (Å²) in [7, 11) is -0.654. The van der Waals surface area contributed by atoms with Crippen molar-refractivity contribution in [1.82, 2.24) is 4.31 Å². The van der Waals surface area contributed by atoms with Crippen molar-refractivity contribution in [1.29, 1.82) is 0 Å². The second kappa shape index (κ2) is 9.29. The molecule has 0 aliphatic heterocycles. The van der Waals surface area contributed by atoms with Gasteiger partial charge in [-0.25, -0.2) is 12.7 Å². The van der Waals surface area contributed by atoms with E-state index in [2.05, 4.69) is 0 Å². The third-order valence-corrected chi connectivity index (χ3v) is 3.62. The third kappa shape index (κ3) is 15.2. The van der Waals surface area contributed by atoms with Gasteiger partial charge in [-0.3, -0.25) is 4.79 Å². The Labute approximate surface area is 121 Å². The first-order valence-electron chi connectivity index (χ1n) is 3.77. The summed E-state index contributed by atoms with van der Waals surface area (Å²) in [5, 5.41) is 0. The Hall–Kier alpha value is 1.24. The molecule has 0 unspecified atom stereocenters. The first-order chi connectivity index (χ1) is 6.31. The summed E-state index contributed by atoms with van der Waals surface area (Å²) in [6, 6.07) is 0. The van der Waals surface area contributed by atoms with Crippen molar-refractivity contribution in [2.24, 2.45) is 0 Å². The van der Waals surface area contributed by atoms with E-state index in [0.29, 0.717) is 5.75 Å². The Kier molecular flexibility index (Phi) is 11.5. The van der Waals surface area contributed by atoms with E-state index < -0.39 is 15.9 Å². The number of nitrogens with zero attached hydrogens (tertiary/aromatic N) is 1. The van der Waals surface area contributed by atoms with Crippen LogP contribution in [0.25, 0.3) is 0 Å². The van der Waals surface area contributed by atoms with E-state index in [1.54, 1.807) is 18.4 Å². The van der Waals surface area contributed by atoms with Gasteiger partial charge in [0.15, 0.2) is 0 Å². The van der Waals surface area contributed by atoms with Crippen LogP contribution in [0.2, 0.25) is 0 Å². The number of thioether (sulfide) groups is 1. The largest absolute Gasteiger partial charge is 1.00 e. The second-order valence-electron chi connectivity index (χ2n) is 2.62. The molecule has 84 valence electrons. The van der Waals surface area contributed by atoms with Gasteiger partial charge in [0.05, 0.1) is 10.1 Å². The molecule has 0 atom stereocenters. The molecule has 0 aromatic carbocycles. The Bertz CT molecular complexity index is 280. The van der Waals surface area contributed by atoms with E-state index in [1.807, 2.05) is 0 Å². The van der Waals surface area contributed by atoms with E-state index in [4.69, 9.17) is 0 Å². The molecule has 0 aromatic heterocycles. The van der Waals surface area contributed by atoms with Crippen molar-refractivity contribution < 1.29 is 47.3 Å². The summed E-state index contributed by atoms with van der Waals surface area (Å²) in [6.07, 6.45) is 0.218. The first-order valence-corrected chi connectivity index (χ1v) is 7.10. The molecular formula is C6H12NNaO4S3. The summed E-state index contributed by atoms with van der Waals surface area (Å²) in [6.45, 7) is 0. The maximum atomic E-state index is 11.0. The summed E-state index contributed by atoms with van der Waals surface area (Å²) < 4.78 is 32.1. The SMILES string of the molecule is CN(C)SC(=O)SCCCS(=O)(=O)[O-].[Na+]. The molecule has 0 heterocycles. The molecule has 0 saturated heterocycles. The molecule has 0 bridgehead atoms. The topological polar surface area (TPSA) is 77.5 Å². The molecule has 0 radical (unpaired) electrons. The van der Waals surface area contributed by atoms with Gasteiger partial charge >= 0.3 is 29.6 Å². The van der Waals surface area contributed by atoms with Crippen molar-refractivity contribution in [2.75, 3.05) is 25.6 Å². The maximum Gasteiger partial charge on any atom is 1.00 e. The van der Waals surface area contributed by atoms with E-state index in [-0.39, 0.29) is 40.4 Å². The monoisotopic (exact) mass is 281 g/mol. The molecule has 0 N–H and O–H groups in total. The molecule has 15 heavy (non-hydrogen) atoms. The number of hydrogen-bond acceptors (Lipinski definition) is 7. The molecule has 0 spiro atoms. The zero-order valence-corrected chi connectivity index (χ0v) is 13.4. The molecule has 9 heteroatoms. The summed E-state index contributed by atoms with van der Waals surface area (Å²) in [5.74, 6) is -0.0406. The zero-order valence-electron chi connectivity index (χ0n) is 8.93. The molecule has 0 aromatic rings. The predicted molar refractivity (Wildman–Crippen MR) is 58.3 cm³/mol. The minimum absolute atomic E-state index is 0. The molecule has 0 rings (SSSR count). The van der Waals surface area contributed by atoms with Gasteiger partial charge in [0, 0.05) is 23.5 Å². The summed E-state index contributed by atoms with van der Waals surface area (Å²) >= 11 is 2.07. The van der Waals surface area contributed by atoms with Crippen LogP contribution in [-0.4, -0.2) is 47.3 Å². The van der Waals surface area contributed by atoms with E-state index in [9.17, 15) is 17.8 Å². The average molecular weight is 281 g/mol. The van der Waals surface area contributed by atoms with Gasteiger partial charge in [0.25, 0.3) is 4.45 Å². The maximum absolute atomic E-state index is 11.0. The van der Waals surface area contributed by atoms with Crippen molar-refractivity contribution in [3.8, 4) is 0 Å². The summed E-state index contributed by atoms with van der Waals surface area (Å²) in [5.41, 5.74) is 0. The van der Waals surface area contributed by atoms with E-state index in [0.717, 1.165) is 23.7 Å². The van der Waals surface area contributed by atoms with Gasteiger partial charge in [-0.2, -0.15) is 0 Å². The van der Waals surface area contributed by atoms with Crippen LogP contribution in [0.3, 0.4) is 0 Å². The standard InChI is InChI=1S/C6H13NO4S3.Na/c1-7(2)13-6(8)12-4-3-5-14(9,10)11;/h3-5H2,1-2H3,(H,9,10,11);/q;+1/p-1. The van der Waals surface area contributed by atoms with Gasteiger partial charge in [-0.05, 0) is 20.5 Å². The summed E-state index contributed by atoms with van der Waals surface area (Å²) in [4.78, 5) is 11.0. The van der Waals surface area contributed by atoms with Gasteiger partial charge in [-0.1, -0.05) is 11.8 Å². The fourth-order valence-electron chi connectivity index (χ4n) is 0.567. The van der Waals surface area contributed by atoms with Crippen LogP contribution in [0, 0.1) is 0 Å². The van der Waals surface area contributed by atoms with Gasteiger partial charge in [0.1, 0.15) is 0 Å². The minimum Gasteiger partial charge on any atom is -0.748 e. The van der Waals surface area contributed by atoms with Gasteiger partial charge in [-0.15, -0.1) is 0 Å². The molecule has 5 nitrogen and oxygen atoms in total. The van der Waals surface area contributed by atoms with E-state index >= 15 is 0 Å². The van der Waals surface area contributed by atoms with E-state index in [1.165, 1.54) is 0 Å².